The van der Waals surface area contributed by atoms with E-state index in [4.69, 9.17) is 11.6 Å². The second-order valence-corrected chi connectivity index (χ2v) is 7.10. The van der Waals surface area contributed by atoms with Crippen LogP contribution in [0.2, 0.25) is 5.02 Å². The highest BCUT2D eigenvalue weighted by atomic mass is 35.5. The summed E-state index contributed by atoms with van der Waals surface area (Å²) in [6.45, 7) is 2.61. The first kappa shape index (κ1) is 14.8. The third-order valence-electron chi connectivity index (χ3n) is 3.62. The summed E-state index contributed by atoms with van der Waals surface area (Å²) >= 11 is 6.01. The molecular formula is C13H19ClN2O2S. The van der Waals surface area contributed by atoms with E-state index in [2.05, 4.69) is 4.98 Å². The number of hydrogen-bond acceptors (Lipinski definition) is 3. The van der Waals surface area contributed by atoms with Crippen LogP contribution < -0.4 is 0 Å². The first-order valence-corrected chi connectivity index (χ1v) is 8.50. The summed E-state index contributed by atoms with van der Waals surface area (Å²) in [5.74, 6) is 0. The zero-order valence-corrected chi connectivity index (χ0v) is 12.6. The molecule has 0 N–H and O–H groups in total. The topological polar surface area (TPSA) is 50.3 Å². The molecule has 1 atom stereocenters. The number of hydrogen-bond donors (Lipinski definition) is 0. The molecule has 1 saturated heterocycles. The van der Waals surface area contributed by atoms with E-state index in [-0.39, 0.29) is 16.0 Å². The number of rotatable bonds is 3. The lowest BCUT2D eigenvalue weighted by Crippen LogP contribution is -2.39. The Morgan fingerprint density at radius 2 is 2.21 bits per heavy atom. The Kier molecular flexibility index (Phi) is 4.81. The van der Waals surface area contributed by atoms with Gasteiger partial charge in [-0.2, -0.15) is 4.31 Å². The molecule has 0 amide bonds. The average Bonchev–Trinajstić information content (AvgIpc) is 2.64. The van der Waals surface area contributed by atoms with Crippen LogP contribution in [-0.4, -0.2) is 30.3 Å². The van der Waals surface area contributed by atoms with Crippen LogP contribution in [0.15, 0.2) is 23.4 Å². The van der Waals surface area contributed by atoms with E-state index in [0.29, 0.717) is 6.54 Å². The number of pyridine rings is 1. The van der Waals surface area contributed by atoms with Gasteiger partial charge < -0.3 is 0 Å². The fraction of sp³-hybridized carbons (Fsp3) is 0.615. The predicted molar refractivity (Wildman–Crippen MR) is 75.7 cm³/mol. The van der Waals surface area contributed by atoms with E-state index in [1.807, 2.05) is 6.92 Å². The van der Waals surface area contributed by atoms with Gasteiger partial charge in [-0.05, 0) is 25.3 Å². The maximum Gasteiger partial charge on any atom is 0.246 e. The maximum atomic E-state index is 12.7. The molecule has 2 heterocycles. The Bertz CT molecular complexity index is 533. The zero-order valence-electron chi connectivity index (χ0n) is 11.0. The van der Waals surface area contributed by atoms with Crippen LogP contribution in [0.1, 0.15) is 39.0 Å². The van der Waals surface area contributed by atoms with E-state index < -0.39 is 10.0 Å². The van der Waals surface area contributed by atoms with E-state index in [1.54, 1.807) is 4.31 Å². The van der Waals surface area contributed by atoms with E-state index in [9.17, 15) is 8.42 Å². The molecule has 1 aromatic heterocycles. The Morgan fingerprint density at radius 3 is 2.89 bits per heavy atom. The monoisotopic (exact) mass is 302 g/mol. The molecule has 1 unspecified atom stereocenters. The molecule has 2 rings (SSSR count). The number of nitrogens with zero attached hydrogens (tertiary/aromatic N) is 2. The lowest BCUT2D eigenvalue weighted by atomic mass is 10.1. The lowest BCUT2D eigenvalue weighted by molar-refractivity contribution is 0.315. The van der Waals surface area contributed by atoms with Crippen molar-refractivity contribution in [2.24, 2.45) is 0 Å². The minimum atomic E-state index is -3.54. The summed E-state index contributed by atoms with van der Waals surface area (Å²) in [6, 6.07) is 1.59. The molecule has 19 heavy (non-hydrogen) atoms. The Labute approximate surface area is 119 Å². The minimum absolute atomic E-state index is 0.0729. The van der Waals surface area contributed by atoms with Gasteiger partial charge in [-0.1, -0.05) is 31.4 Å². The highest BCUT2D eigenvalue weighted by molar-refractivity contribution is 7.89. The van der Waals surface area contributed by atoms with Crippen LogP contribution in [0.25, 0.3) is 0 Å². The van der Waals surface area contributed by atoms with E-state index in [1.165, 1.54) is 18.5 Å². The molecule has 0 saturated carbocycles. The minimum Gasteiger partial charge on any atom is -0.263 e. The molecule has 4 nitrogen and oxygen atoms in total. The van der Waals surface area contributed by atoms with E-state index >= 15 is 0 Å². The Balaban J connectivity index is 2.39. The average molecular weight is 303 g/mol. The summed E-state index contributed by atoms with van der Waals surface area (Å²) in [6.07, 6.45) is 7.68. The maximum absolute atomic E-state index is 12.7. The van der Waals surface area contributed by atoms with Gasteiger partial charge in [-0.15, -0.1) is 0 Å². The second-order valence-electron chi connectivity index (χ2n) is 4.83. The summed E-state index contributed by atoms with van der Waals surface area (Å²) in [5.41, 5.74) is 0. The first-order chi connectivity index (χ1) is 9.07. The lowest BCUT2D eigenvalue weighted by Gasteiger charge is -2.28. The highest BCUT2D eigenvalue weighted by Gasteiger charge is 2.32. The molecular weight excluding hydrogens is 284 g/mol. The van der Waals surface area contributed by atoms with Gasteiger partial charge in [0.25, 0.3) is 0 Å². The van der Waals surface area contributed by atoms with Crippen LogP contribution in [0.3, 0.4) is 0 Å². The molecule has 6 heteroatoms. The molecule has 0 spiro atoms. The molecule has 0 radical (unpaired) electrons. The van der Waals surface area contributed by atoms with Crippen LogP contribution in [0.5, 0.6) is 0 Å². The second kappa shape index (κ2) is 6.20. The van der Waals surface area contributed by atoms with Crippen molar-refractivity contribution >= 4 is 21.6 Å². The van der Waals surface area contributed by atoms with Gasteiger partial charge in [-0.25, -0.2) is 8.42 Å². The largest absolute Gasteiger partial charge is 0.263 e. The summed E-state index contributed by atoms with van der Waals surface area (Å²) in [7, 11) is -3.54. The van der Waals surface area contributed by atoms with Crippen molar-refractivity contribution in [3.05, 3.63) is 23.5 Å². The summed E-state index contributed by atoms with van der Waals surface area (Å²) < 4.78 is 27.1. The van der Waals surface area contributed by atoms with E-state index in [0.717, 1.165) is 32.1 Å². The third kappa shape index (κ3) is 3.09. The molecule has 1 aromatic rings. The molecule has 0 bridgehead atoms. The van der Waals surface area contributed by atoms with Crippen molar-refractivity contribution in [1.29, 1.82) is 0 Å². The smallest absolute Gasteiger partial charge is 0.246 e. The van der Waals surface area contributed by atoms with Crippen molar-refractivity contribution in [3.8, 4) is 0 Å². The van der Waals surface area contributed by atoms with Crippen molar-refractivity contribution in [1.82, 2.24) is 9.29 Å². The fourth-order valence-corrected chi connectivity index (χ4v) is 4.73. The standard InChI is InChI=1S/C13H19ClN2O2S/c1-2-11-6-4-3-5-9-16(11)19(17,18)13-10-15-8-7-12(13)14/h7-8,10-11H,2-6,9H2,1H3. The van der Waals surface area contributed by atoms with Gasteiger partial charge >= 0.3 is 0 Å². The number of sulfonamides is 1. The first-order valence-electron chi connectivity index (χ1n) is 6.68. The van der Waals surface area contributed by atoms with Crippen molar-refractivity contribution < 1.29 is 8.42 Å². The van der Waals surface area contributed by atoms with Crippen LogP contribution >= 0.6 is 11.6 Å². The molecule has 106 valence electrons. The summed E-state index contributed by atoms with van der Waals surface area (Å²) in [5, 5.41) is 0.245. The van der Waals surface area contributed by atoms with Crippen molar-refractivity contribution in [3.63, 3.8) is 0 Å². The van der Waals surface area contributed by atoms with Crippen molar-refractivity contribution in [2.75, 3.05) is 6.54 Å². The molecule has 1 aliphatic rings. The normalized spacial score (nSPS) is 22.1. The van der Waals surface area contributed by atoms with Gasteiger partial charge in [0, 0.05) is 25.0 Å². The SMILES string of the molecule is CCC1CCCCCN1S(=O)(=O)c1cnccc1Cl. The predicted octanol–water partition coefficient (Wildman–Crippen LogP) is 3.08. The van der Waals surface area contributed by atoms with Gasteiger partial charge in [0.1, 0.15) is 4.90 Å². The Hall–Kier alpha value is -0.650. The van der Waals surface area contributed by atoms with Crippen LogP contribution in [0, 0.1) is 0 Å². The van der Waals surface area contributed by atoms with Gasteiger partial charge in [0.05, 0.1) is 5.02 Å². The molecule has 1 fully saturated rings. The van der Waals surface area contributed by atoms with Gasteiger partial charge in [0.15, 0.2) is 0 Å². The van der Waals surface area contributed by atoms with Gasteiger partial charge in [0.2, 0.25) is 10.0 Å². The Morgan fingerprint density at radius 1 is 1.42 bits per heavy atom. The van der Waals surface area contributed by atoms with Crippen LogP contribution in [0.4, 0.5) is 0 Å². The van der Waals surface area contributed by atoms with Gasteiger partial charge in [-0.3, -0.25) is 4.98 Å². The van der Waals surface area contributed by atoms with Crippen molar-refractivity contribution in [2.45, 2.75) is 50.0 Å². The fourth-order valence-electron chi connectivity index (χ4n) is 2.55. The number of aromatic nitrogens is 1. The zero-order chi connectivity index (χ0) is 13.9. The number of halogens is 1. The molecule has 0 aromatic carbocycles. The van der Waals surface area contributed by atoms with Crippen LogP contribution in [-0.2, 0) is 10.0 Å². The summed E-state index contributed by atoms with van der Waals surface area (Å²) in [4.78, 5) is 4.01. The quantitative estimate of drug-likeness (QED) is 0.862. The third-order valence-corrected chi connectivity index (χ3v) is 6.04. The molecule has 0 aliphatic carbocycles. The molecule has 1 aliphatic heterocycles. The highest BCUT2D eigenvalue weighted by Crippen LogP contribution is 2.29.